The van der Waals surface area contributed by atoms with Crippen LogP contribution in [-0.2, 0) is 16.1 Å². The van der Waals surface area contributed by atoms with Gasteiger partial charge in [0.15, 0.2) is 0 Å². The Bertz CT molecular complexity index is 428. The molecule has 1 aromatic rings. The number of nitrogens with one attached hydrogen (secondary N) is 1. The molecule has 0 aromatic heterocycles. The van der Waals surface area contributed by atoms with Crippen LogP contribution in [0, 0.1) is 5.92 Å². The zero-order valence-electron chi connectivity index (χ0n) is 11.2. The van der Waals surface area contributed by atoms with Crippen LogP contribution in [0.1, 0.15) is 31.2 Å². The van der Waals surface area contributed by atoms with Gasteiger partial charge in [-0.25, -0.2) is 0 Å². The van der Waals surface area contributed by atoms with Crippen LogP contribution in [0.4, 0.5) is 0 Å². The number of rotatable bonds is 4. The lowest BCUT2D eigenvalue weighted by atomic mass is 9.86. The molecule has 0 atom stereocenters. The minimum atomic E-state index is -0.0516. The minimum Gasteiger partial charge on any atom is -0.469 e. The molecule has 0 unspecified atom stereocenters. The summed E-state index contributed by atoms with van der Waals surface area (Å²) in [6.45, 7) is 0.870. The van der Waals surface area contributed by atoms with Gasteiger partial charge in [-0.05, 0) is 37.3 Å². The van der Waals surface area contributed by atoms with Crippen molar-refractivity contribution < 1.29 is 9.53 Å². The Kier molecular flexibility index (Phi) is 5.40. The van der Waals surface area contributed by atoms with Gasteiger partial charge in [-0.3, -0.25) is 4.79 Å². The van der Waals surface area contributed by atoms with Crippen LogP contribution >= 0.6 is 15.9 Å². The Hall–Kier alpha value is -0.870. The van der Waals surface area contributed by atoms with E-state index in [2.05, 4.69) is 39.4 Å². The summed E-state index contributed by atoms with van der Waals surface area (Å²) in [6, 6.07) is 8.76. The second-order valence-corrected chi connectivity index (χ2v) is 5.90. The Morgan fingerprint density at radius 1 is 1.32 bits per heavy atom. The Labute approximate surface area is 122 Å². The van der Waals surface area contributed by atoms with Crippen molar-refractivity contribution in [2.24, 2.45) is 5.92 Å². The molecule has 0 heterocycles. The Morgan fingerprint density at radius 2 is 2.00 bits per heavy atom. The number of carbonyl (C=O) groups excluding carboxylic acids is 1. The normalized spacial score (nSPS) is 23.1. The van der Waals surface area contributed by atoms with E-state index in [0.29, 0.717) is 6.04 Å². The molecule has 0 amide bonds. The average Bonchev–Trinajstić information content (AvgIpc) is 2.46. The molecule has 2 rings (SSSR count). The van der Waals surface area contributed by atoms with Gasteiger partial charge in [0, 0.05) is 17.1 Å². The molecule has 1 aliphatic carbocycles. The maximum atomic E-state index is 11.4. The van der Waals surface area contributed by atoms with Crippen LogP contribution in [-0.4, -0.2) is 19.1 Å². The van der Waals surface area contributed by atoms with Crippen molar-refractivity contribution in [2.75, 3.05) is 7.11 Å². The predicted molar refractivity (Wildman–Crippen MR) is 78.7 cm³/mol. The van der Waals surface area contributed by atoms with Gasteiger partial charge in [-0.15, -0.1) is 0 Å². The molecule has 1 saturated carbocycles. The summed E-state index contributed by atoms with van der Waals surface area (Å²) in [5.41, 5.74) is 1.28. The zero-order chi connectivity index (χ0) is 13.7. The van der Waals surface area contributed by atoms with Crippen molar-refractivity contribution in [3.8, 4) is 0 Å². The lowest BCUT2D eigenvalue weighted by molar-refractivity contribution is -0.146. The van der Waals surface area contributed by atoms with Crippen LogP contribution in [0.3, 0.4) is 0 Å². The molecule has 4 heteroatoms. The largest absolute Gasteiger partial charge is 0.469 e. The number of esters is 1. The topological polar surface area (TPSA) is 38.3 Å². The highest BCUT2D eigenvalue weighted by molar-refractivity contribution is 9.10. The second kappa shape index (κ2) is 7.06. The van der Waals surface area contributed by atoms with Crippen LogP contribution in [0.25, 0.3) is 0 Å². The van der Waals surface area contributed by atoms with Gasteiger partial charge in [-0.2, -0.15) is 0 Å². The maximum absolute atomic E-state index is 11.4. The van der Waals surface area contributed by atoms with E-state index in [-0.39, 0.29) is 11.9 Å². The van der Waals surface area contributed by atoms with E-state index < -0.39 is 0 Å². The minimum absolute atomic E-state index is 0.0516. The standard InChI is InChI=1S/C15H20BrNO2/c1-19-15(18)11-6-8-13(9-7-11)17-10-12-4-2-3-5-14(12)16/h2-5,11,13,17H,6-10H2,1H3. The van der Waals surface area contributed by atoms with Crippen molar-refractivity contribution in [1.82, 2.24) is 5.32 Å². The first kappa shape index (κ1) is 14.5. The first-order valence-corrected chi connectivity index (χ1v) is 7.54. The van der Waals surface area contributed by atoms with Crippen LogP contribution < -0.4 is 5.32 Å². The first-order valence-electron chi connectivity index (χ1n) is 6.75. The third-order valence-electron chi connectivity index (χ3n) is 3.80. The molecule has 1 N–H and O–H groups in total. The number of hydrogen-bond donors (Lipinski definition) is 1. The highest BCUT2D eigenvalue weighted by Gasteiger charge is 2.26. The van der Waals surface area contributed by atoms with Crippen LogP contribution in [0.5, 0.6) is 0 Å². The van der Waals surface area contributed by atoms with Crippen molar-refractivity contribution in [1.29, 1.82) is 0 Å². The van der Waals surface area contributed by atoms with Gasteiger partial charge in [-0.1, -0.05) is 34.1 Å². The summed E-state index contributed by atoms with van der Waals surface area (Å²) < 4.78 is 5.95. The van der Waals surface area contributed by atoms with Gasteiger partial charge in [0.1, 0.15) is 0 Å². The van der Waals surface area contributed by atoms with Crippen LogP contribution in [0.15, 0.2) is 28.7 Å². The quantitative estimate of drug-likeness (QED) is 0.863. The first-order chi connectivity index (χ1) is 9.20. The average molecular weight is 326 g/mol. The Balaban J connectivity index is 1.77. The smallest absolute Gasteiger partial charge is 0.308 e. The fourth-order valence-corrected chi connectivity index (χ4v) is 3.02. The highest BCUT2D eigenvalue weighted by Crippen LogP contribution is 2.25. The number of methoxy groups -OCH3 is 1. The fourth-order valence-electron chi connectivity index (χ4n) is 2.60. The summed E-state index contributed by atoms with van der Waals surface area (Å²) in [5.74, 6) is 0.0516. The zero-order valence-corrected chi connectivity index (χ0v) is 12.8. The molecule has 0 saturated heterocycles. The van der Waals surface area contributed by atoms with Gasteiger partial charge in [0.05, 0.1) is 13.0 Å². The fraction of sp³-hybridized carbons (Fsp3) is 0.533. The summed E-state index contributed by atoms with van der Waals surface area (Å²) in [7, 11) is 1.47. The van der Waals surface area contributed by atoms with Gasteiger partial charge < -0.3 is 10.1 Å². The third kappa shape index (κ3) is 4.05. The van der Waals surface area contributed by atoms with E-state index >= 15 is 0 Å². The summed E-state index contributed by atoms with van der Waals surface area (Å²) in [5, 5.41) is 3.57. The number of ether oxygens (including phenoxy) is 1. The SMILES string of the molecule is COC(=O)C1CCC(NCc2ccccc2Br)CC1. The van der Waals surface area contributed by atoms with E-state index in [1.165, 1.54) is 12.7 Å². The van der Waals surface area contributed by atoms with Gasteiger partial charge in [0.2, 0.25) is 0 Å². The summed E-state index contributed by atoms with van der Waals surface area (Å²) >= 11 is 3.56. The van der Waals surface area contributed by atoms with Crippen molar-refractivity contribution in [3.63, 3.8) is 0 Å². The molecule has 1 aliphatic rings. The highest BCUT2D eigenvalue weighted by atomic mass is 79.9. The van der Waals surface area contributed by atoms with Crippen molar-refractivity contribution in [2.45, 2.75) is 38.3 Å². The van der Waals surface area contributed by atoms with Crippen LogP contribution in [0.2, 0.25) is 0 Å². The third-order valence-corrected chi connectivity index (χ3v) is 4.57. The van der Waals surface area contributed by atoms with Crippen molar-refractivity contribution >= 4 is 21.9 Å². The van der Waals surface area contributed by atoms with Gasteiger partial charge >= 0.3 is 5.97 Å². The monoisotopic (exact) mass is 325 g/mol. The van der Waals surface area contributed by atoms with E-state index in [0.717, 1.165) is 36.7 Å². The van der Waals surface area contributed by atoms with E-state index in [4.69, 9.17) is 4.74 Å². The number of carbonyl (C=O) groups is 1. The molecule has 1 fully saturated rings. The number of benzene rings is 1. The summed E-state index contributed by atoms with van der Waals surface area (Å²) in [6.07, 6.45) is 3.95. The number of halogens is 1. The molecule has 0 spiro atoms. The van der Waals surface area contributed by atoms with Gasteiger partial charge in [0.25, 0.3) is 0 Å². The molecule has 0 aliphatic heterocycles. The molecular weight excluding hydrogens is 306 g/mol. The lowest BCUT2D eigenvalue weighted by Crippen LogP contribution is -2.34. The molecule has 104 valence electrons. The predicted octanol–water partition coefficient (Wildman–Crippen LogP) is 3.27. The van der Waals surface area contributed by atoms with E-state index in [1.807, 2.05) is 6.07 Å². The molecule has 19 heavy (non-hydrogen) atoms. The molecule has 0 bridgehead atoms. The lowest BCUT2D eigenvalue weighted by Gasteiger charge is -2.27. The van der Waals surface area contributed by atoms with Crippen molar-refractivity contribution in [3.05, 3.63) is 34.3 Å². The number of hydrogen-bond acceptors (Lipinski definition) is 3. The Morgan fingerprint density at radius 3 is 2.63 bits per heavy atom. The molecule has 1 aromatic carbocycles. The second-order valence-electron chi connectivity index (χ2n) is 5.04. The maximum Gasteiger partial charge on any atom is 0.308 e. The summed E-state index contributed by atoms with van der Waals surface area (Å²) in [4.78, 5) is 11.4. The van der Waals surface area contributed by atoms with E-state index in [1.54, 1.807) is 0 Å². The molecule has 0 radical (unpaired) electrons. The van der Waals surface area contributed by atoms with E-state index in [9.17, 15) is 4.79 Å². The molecule has 3 nitrogen and oxygen atoms in total. The molecular formula is C15H20BrNO2.